The van der Waals surface area contributed by atoms with Crippen LogP contribution in [0.25, 0.3) is 0 Å². The molecule has 0 bridgehead atoms. The van der Waals surface area contributed by atoms with Crippen LogP contribution in [0.3, 0.4) is 0 Å². The molecule has 0 spiro atoms. The monoisotopic (exact) mass is 286 g/mol. The molecular weight excluding hydrogens is 256 g/mol. The first kappa shape index (κ1) is 18.9. The van der Waals surface area contributed by atoms with Gasteiger partial charge in [0.25, 0.3) is 0 Å². The normalized spacial score (nSPS) is 11.5. The van der Waals surface area contributed by atoms with E-state index in [1.165, 1.54) is 0 Å². The van der Waals surface area contributed by atoms with Gasteiger partial charge in [-0.05, 0) is 32.1 Å². The summed E-state index contributed by atoms with van der Waals surface area (Å²) >= 11 is 0. The van der Waals surface area contributed by atoms with Gasteiger partial charge in [0.15, 0.2) is 5.92 Å². The van der Waals surface area contributed by atoms with E-state index in [-0.39, 0.29) is 0 Å². The second-order valence-electron chi connectivity index (χ2n) is 6.22. The Kier molecular flexibility index (Phi) is 9.26. The maximum absolute atomic E-state index is 11.8. The Balaban J connectivity index is 4.16. The lowest BCUT2D eigenvalue weighted by Crippen LogP contribution is -2.28. The van der Waals surface area contributed by atoms with Gasteiger partial charge in [0.05, 0.1) is 13.2 Å². The molecule has 0 aromatic rings. The Labute approximate surface area is 123 Å². The van der Waals surface area contributed by atoms with Crippen molar-refractivity contribution in [1.82, 2.24) is 0 Å². The van der Waals surface area contributed by atoms with E-state index in [0.717, 1.165) is 25.7 Å². The summed E-state index contributed by atoms with van der Waals surface area (Å²) in [4.78, 5) is 23.5. The number of ether oxygens (including phenoxy) is 2. The fourth-order valence-electron chi connectivity index (χ4n) is 2.00. The van der Waals surface area contributed by atoms with Gasteiger partial charge in [0, 0.05) is 0 Å². The zero-order valence-corrected chi connectivity index (χ0v) is 13.7. The van der Waals surface area contributed by atoms with Crippen molar-refractivity contribution in [2.75, 3.05) is 13.2 Å². The third kappa shape index (κ3) is 8.94. The SMILES string of the molecule is CCOC(=O)C(CCCCCC(C)(C)C)C(=O)OCC. The molecule has 0 radical (unpaired) electrons. The molecule has 0 heterocycles. The van der Waals surface area contributed by atoms with Gasteiger partial charge in [-0.2, -0.15) is 0 Å². The van der Waals surface area contributed by atoms with Crippen molar-refractivity contribution in [2.45, 2.75) is 66.7 Å². The van der Waals surface area contributed by atoms with E-state index in [1.807, 2.05) is 0 Å². The van der Waals surface area contributed by atoms with Crippen molar-refractivity contribution in [1.29, 1.82) is 0 Å². The Morgan fingerprint density at radius 1 is 0.900 bits per heavy atom. The number of rotatable bonds is 9. The first-order valence-electron chi connectivity index (χ1n) is 7.65. The maximum atomic E-state index is 11.8. The van der Waals surface area contributed by atoms with Gasteiger partial charge in [-0.15, -0.1) is 0 Å². The van der Waals surface area contributed by atoms with Crippen LogP contribution < -0.4 is 0 Å². The molecule has 0 saturated carbocycles. The molecule has 0 amide bonds. The van der Waals surface area contributed by atoms with Crippen LogP contribution in [0.5, 0.6) is 0 Å². The Hall–Kier alpha value is -1.06. The third-order valence-electron chi connectivity index (χ3n) is 3.06. The molecule has 0 aromatic carbocycles. The van der Waals surface area contributed by atoms with Crippen LogP contribution in [0.15, 0.2) is 0 Å². The maximum Gasteiger partial charge on any atom is 0.320 e. The van der Waals surface area contributed by atoms with Crippen LogP contribution in [0.2, 0.25) is 0 Å². The van der Waals surface area contributed by atoms with Gasteiger partial charge in [-0.1, -0.05) is 40.0 Å². The van der Waals surface area contributed by atoms with Crippen LogP contribution in [-0.2, 0) is 19.1 Å². The molecule has 4 heteroatoms. The lowest BCUT2D eigenvalue weighted by atomic mass is 9.89. The second-order valence-corrected chi connectivity index (χ2v) is 6.22. The van der Waals surface area contributed by atoms with E-state index >= 15 is 0 Å². The molecule has 0 aliphatic heterocycles. The van der Waals surface area contributed by atoms with Gasteiger partial charge in [0.1, 0.15) is 0 Å². The highest BCUT2D eigenvalue weighted by atomic mass is 16.6. The lowest BCUT2D eigenvalue weighted by Gasteiger charge is -2.18. The second kappa shape index (κ2) is 9.78. The summed E-state index contributed by atoms with van der Waals surface area (Å²) in [5, 5.41) is 0. The molecule has 0 aliphatic carbocycles. The highest BCUT2D eigenvalue weighted by molar-refractivity contribution is 5.94. The van der Waals surface area contributed by atoms with Crippen LogP contribution in [0.4, 0.5) is 0 Å². The van der Waals surface area contributed by atoms with Crippen LogP contribution in [0.1, 0.15) is 66.7 Å². The number of esters is 2. The van der Waals surface area contributed by atoms with Crippen molar-refractivity contribution in [2.24, 2.45) is 11.3 Å². The van der Waals surface area contributed by atoms with Crippen molar-refractivity contribution in [3.63, 3.8) is 0 Å². The number of hydrogen-bond acceptors (Lipinski definition) is 4. The molecule has 0 rings (SSSR count). The minimum atomic E-state index is -0.760. The topological polar surface area (TPSA) is 52.6 Å². The number of carbonyl (C=O) groups is 2. The van der Waals surface area contributed by atoms with Crippen molar-refractivity contribution >= 4 is 11.9 Å². The summed E-state index contributed by atoms with van der Waals surface area (Å²) in [5.74, 6) is -1.67. The summed E-state index contributed by atoms with van der Waals surface area (Å²) in [7, 11) is 0. The molecule has 0 aliphatic rings. The highest BCUT2D eigenvalue weighted by Gasteiger charge is 2.28. The molecule has 0 fully saturated rings. The van der Waals surface area contributed by atoms with E-state index in [1.54, 1.807) is 13.8 Å². The molecule has 20 heavy (non-hydrogen) atoms. The standard InChI is InChI=1S/C16H30O4/c1-6-19-14(17)13(15(18)20-7-2)11-9-8-10-12-16(3,4)5/h13H,6-12H2,1-5H3. The van der Waals surface area contributed by atoms with E-state index in [2.05, 4.69) is 20.8 Å². The predicted octanol–water partition coefficient (Wildman–Crippen LogP) is 3.73. The predicted molar refractivity (Wildman–Crippen MR) is 79.3 cm³/mol. The fraction of sp³-hybridized carbons (Fsp3) is 0.875. The first-order chi connectivity index (χ1) is 9.31. The van der Waals surface area contributed by atoms with Crippen LogP contribution >= 0.6 is 0 Å². The quantitative estimate of drug-likeness (QED) is 0.368. The lowest BCUT2D eigenvalue weighted by molar-refractivity contribution is -0.161. The molecular formula is C16H30O4. The van der Waals surface area contributed by atoms with Gasteiger partial charge in [-0.25, -0.2) is 0 Å². The van der Waals surface area contributed by atoms with Crippen molar-refractivity contribution < 1.29 is 19.1 Å². The Morgan fingerprint density at radius 2 is 1.40 bits per heavy atom. The summed E-state index contributed by atoms with van der Waals surface area (Å²) in [6, 6.07) is 0. The largest absolute Gasteiger partial charge is 0.465 e. The minimum Gasteiger partial charge on any atom is -0.465 e. The molecule has 0 aromatic heterocycles. The van der Waals surface area contributed by atoms with Gasteiger partial charge in [-0.3, -0.25) is 9.59 Å². The third-order valence-corrected chi connectivity index (χ3v) is 3.06. The van der Waals surface area contributed by atoms with E-state index in [9.17, 15) is 9.59 Å². The number of carbonyl (C=O) groups excluding carboxylic acids is 2. The summed E-state index contributed by atoms with van der Waals surface area (Å²) in [6.07, 6.45) is 4.64. The Bertz CT molecular complexity index is 273. The highest BCUT2D eigenvalue weighted by Crippen LogP contribution is 2.23. The van der Waals surface area contributed by atoms with Gasteiger partial charge >= 0.3 is 11.9 Å². The van der Waals surface area contributed by atoms with Crippen molar-refractivity contribution in [3.05, 3.63) is 0 Å². The molecule has 0 unspecified atom stereocenters. The number of unbranched alkanes of at least 4 members (excludes halogenated alkanes) is 2. The molecule has 0 saturated heterocycles. The van der Waals surface area contributed by atoms with Gasteiger partial charge < -0.3 is 9.47 Å². The zero-order chi connectivity index (χ0) is 15.6. The summed E-state index contributed by atoms with van der Waals surface area (Å²) in [6.45, 7) is 10.7. The minimum absolute atomic E-state index is 0.290. The smallest absolute Gasteiger partial charge is 0.320 e. The average molecular weight is 286 g/mol. The molecule has 4 nitrogen and oxygen atoms in total. The Morgan fingerprint density at radius 3 is 1.80 bits per heavy atom. The van der Waals surface area contributed by atoms with E-state index < -0.39 is 17.9 Å². The molecule has 0 N–H and O–H groups in total. The van der Waals surface area contributed by atoms with Crippen LogP contribution in [0, 0.1) is 11.3 Å². The molecule has 118 valence electrons. The zero-order valence-electron chi connectivity index (χ0n) is 13.7. The van der Waals surface area contributed by atoms with E-state index in [0.29, 0.717) is 25.0 Å². The summed E-state index contributed by atoms with van der Waals surface area (Å²) in [5.41, 5.74) is 0.335. The number of hydrogen-bond donors (Lipinski definition) is 0. The van der Waals surface area contributed by atoms with Crippen LogP contribution in [-0.4, -0.2) is 25.2 Å². The van der Waals surface area contributed by atoms with Gasteiger partial charge in [0.2, 0.25) is 0 Å². The molecule has 0 atom stereocenters. The van der Waals surface area contributed by atoms with E-state index in [4.69, 9.17) is 9.47 Å². The average Bonchev–Trinajstić information content (AvgIpc) is 2.32. The first-order valence-corrected chi connectivity index (χ1v) is 7.65. The fourth-order valence-corrected chi connectivity index (χ4v) is 2.00. The summed E-state index contributed by atoms with van der Waals surface area (Å²) < 4.78 is 9.89. The van der Waals surface area contributed by atoms with Crippen molar-refractivity contribution in [3.8, 4) is 0 Å².